The summed E-state index contributed by atoms with van der Waals surface area (Å²) in [6.45, 7) is 5.20. The highest BCUT2D eigenvalue weighted by Crippen LogP contribution is 2.14. The molecule has 0 aliphatic heterocycles. The van der Waals surface area contributed by atoms with Crippen LogP contribution < -0.4 is 10.6 Å². The first-order valence-corrected chi connectivity index (χ1v) is 9.17. The van der Waals surface area contributed by atoms with E-state index in [0.717, 1.165) is 11.1 Å². The van der Waals surface area contributed by atoms with Gasteiger partial charge in [-0.1, -0.05) is 74.5 Å². The van der Waals surface area contributed by atoms with Crippen molar-refractivity contribution in [2.45, 2.75) is 33.4 Å². The maximum atomic E-state index is 12.6. The maximum absolute atomic E-state index is 12.6. The molecule has 0 bridgehead atoms. The Balaban J connectivity index is 1.74. The summed E-state index contributed by atoms with van der Waals surface area (Å²) in [6.07, 6.45) is 0.418. The molecule has 0 amide bonds. The summed E-state index contributed by atoms with van der Waals surface area (Å²) < 4.78 is 1.37. The van der Waals surface area contributed by atoms with Gasteiger partial charge >= 0.3 is 0 Å². The molecule has 0 spiro atoms. The number of carbonyl (C=O) groups excluding carboxylic acids is 1. The van der Waals surface area contributed by atoms with Crippen LogP contribution in [0.4, 0.5) is 11.9 Å². The Hall–Kier alpha value is -3.15. The molecule has 0 aliphatic carbocycles. The van der Waals surface area contributed by atoms with Crippen LogP contribution in [0.15, 0.2) is 60.7 Å². The fraction of sp³-hybridized carbons (Fsp3) is 0.286. The molecule has 2 N–H and O–H groups in total. The molecule has 0 saturated carbocycles. The average molecular weight is 363 g/mol. The highest BCUT2D eigenvalue weighted by atomic mass is 16.2. The molecule has 0 aliphatic rings. The number of carbonyl (C=O) groups is 1. The molecule has 1 aromatic heterocycles. The van der Waals surface area contributed by atoms with Crippen molar-refractivity contribution in [3.8, 4) is 0 Å². The zero-order chi connectivity index (χ0) is 19.1. The van der Waals surface area contributed by atoms with E-state index in [9.17, 15) is 4.79 Å². The molecule has 2 aromatic carbocycles. The van der Waals surface area contributed by atoms with Crippen LogP contribution in [0.3, 0.4) is 0 Å². The molecule has 0 radical (unpaired) electrons. The van der Waals surface area contributed by atoms with Crippen molar-refractivity contribution in [1.82, 2.24) is 14.8 Å². The van der Waals surface area contributed by atoms with Gasteiger partial charge in [0.15, 0.2) is 0 Å². The zero-order valence-electron chi connectivity index (χ0n) is 15.7. The van der Waals surface area contributed by atoms with Crippen LogP contribution in [0.2, 0.25) is 0 Å². The van der Waals surface area contributed by atoms with Crippen molar-refractivity contribution in [3.63, 3.8) is 0 Å². The van der Waals surface area contributed by atoms with Crippen LogP contribution in [0.25, 0.3) is 0 Å². The van der Waals surface area contributed by atoms with Crippen LogP contribution in [0.5, 0.6) is 0 Å². The summed E-state index contributed by atoms with van der Waals surface area (Å²) in [4.78, 5) is 17.0. The van der Waals surface area contributed by atoms with Crippen LogP contribution in [0.1, 0.15) is 36.2 Å². The fourth-order valence-corrected chi connectivity index (χ4v) is 2.66. The molecule has 6 nitrogen and oxygen atoms in total. The van der Waals surface area contributed by atoms with Gasteiger partial charge in [-0.3, -0.25) is 4.79 Å². The lowest BCUT2D eigenvalue weighted by Gasteiger charge is -2.08. The second kappa shape index (κ2) is 8.98. The Morgan fingerprint density at radius 2 is 1.48 bits per heavy atom. The third-order valence-electron chi connectivity index (χ3n) is 4.01. The average Bonchev–Trinajstić information content (AvgIpc) is 3.09. The number of nitrogens with zero attached hydrogens (tertiary/aromatic N) is 3. The van der Waals surface area contributed by atoms with Crippen molar-refractivity contribution < 1.29 is 4.79 Å². The Morgan fingerprint density at radius 3 is 2.04 bits per heavy atom. The SMILES string of the molecule is CC(C)CC(=O)n1nc(NCc2ccccc2)nc1NCc1ccccc1. The van der Waals surface area contributed by atoms with Crippen molar-refractivity contribution in [3.05, 3.63) is 71.8 Å². The van der Waals surface area contributed by atoms with Crippen molar-refractivity contribution in [2.24, 2.45) is 5.92 Å². The van der Waals surface area contributed by atoms with E-state index in [0.29, 0.717) is 31.4 Å². The van der Waals surface area contributed by atoms with Gasteiger partial charge in [0.2, 0.25) is 17.8 Å². The Labute approximate surface area is 159 Å². The number of hydrogen-bond acceptors (Lipinski definition) is 5. The minimum atomic E-state index is -0.0687. The first kappa shape index (κ1) is 18.6. The minimum Gasteiger partial charge on any atom is -0.350 e. The molecule has 140 valence electrons. The number of rotatable bonds is 8. The fourth-order valence-electron chi connectivity index (χ4n) is 2.66. The Kier molecular flexibility index (Phi) is 6.20. The van der Waals surface area contributed by atoms with Gasteiger partial charge in [-0.15, -0.1) is 5.10 Å². The third-order valence-corrected chi connectivity index (χ3v) is 4.01. The van der Waals surface area contributed by atoms with Crippen molar-refractivity contribution >= 4 is 17.8 Å². The van der Waals surface area contributed by atoms with Crippen molar-refractivity contribution in [2.75, 3.05) is 10.6 Å². The number of hydrogen-bond donors (Lipinski definition) is 2. The first-order chi connectivity index (χ1) is 13.1. The number of anilines is 2. The molecule has 27 heavy (non-hydrogen) atoms. The third kappa shape index (κ3) is 5.41. The molecule has 0 saturated heterocycles. The molecule has 0 unspecified atom stereocenters. The van der Waals surface area contributed by atoms with Crippen LogP contribution in [0, 0.1) is 5.92 Å². The van der Waals surface area contributed by atoms with Crippen molar-refractivity contribution in [1.29, 1.82) is 0 Å². The lowest BCUT2D eigenvalue weighted by atomic mass is 10.1. The first-order valence-electron chi connectivity index (χ1n) is 9.17. The van der Waals surface area contributed by atoms with E-state index in [1.807, 2.05) is 74.5 Å². The Bertz CT molecular complexity index is 859. The highest BCUT2D eigenvalue weighted by molar-refractivity contribution is 5.81. The molecular weight excluding hydrogens is 338 g/mol. The second-order valence-corrected chi connectivity index (χ2v) is 6.84. The van der Waals surface area contributed by atoms with Gasteiger partial charge in [0.25, 0.3) is 0 Å². The molecule has 3 rings (SSSR count). The van der Waals surface area contributed by atoms with E-state index in [2.05, 4.69) is 20.7 Å². The van der Waals surface area contributed by atoms with Gasteiger partial charge in [0, 0.05) is 19.5 Å². The number of nitrogens with one attached hydrogen (secondary N) is 2. The van der Waals surface area contributed by atoms with Crippen LogP contribution in [-0.4, -0.2) is 20.7 Å². The molecule has 1 heterocycles. The van der Waals surface area contributed by atoms with E-state index >= 15 is 0 Å². The smallest absolute Gasteiger partial charge is 0.250 e. The summed E-state index contributed by atoms with van der Waals surface area (Å²) >= 11 is 0. The van der Waals surface area contributed by atoms with Crippen LogP contribution >= 0.6 is 0 Å². The predicted molar refractivity (Wildman–Crippen MR) is 108 cm³/mol. The molecule has 6 heteroatoms. The number of aromatic nitrogens is 3. The monoisotopic (exact) mass is 363 g/mol. The second-order valence-electron chi connectivity index (χ2n) is 6.84. The molecular formula is C21H25N5O. The summed E-state index contributed by atoms with van der Waals surface area (Å²) in [6, 6.07) is 20.0. The predicted octanol–water partition coefficient (Wildman–Crippen LogP) is 4.19. The summed E-state index contributed by atoms with van der Waals surface area (Å²) in [5.41, 5.74) is 2.24. The summed E-state index contributed by atoms with van der Waals surface area (Å²) in [7, 11) is 0. The lowest BCUT2D eigenvalue weighted by Crippen LogP contribution is -2.18. The van der Waals surface area contributed by atoms with Crippen LogP contribution in [-0.2, 0) is 13.1 Å². The molecule has 3 aromatic rings. The Morgan fingerprint density at radius 1 is 0.926 bits per heavy atom. The van der Waals surface area contributed by atoms with Gasteiger partial charge in [-0.05, 0) is 17.0 Å². The maximum Gasteiger partial charge on any atom is 0.250 e. The van der Waals surface area contributed by atoms with E-state index < -0.39 is 0 Å². The van der Waals surface area contributed by atoms with E-state index in [1.54, 1.807) is 0 Å². The number of benzene rings is 2. The van der Waals surface area contributed by atoms with Gasteiger partial charge in [-0.2, -0.15) is 9.67 Å². The highest BCUT2D eigenvalue weighted by Gasteiger charge is 2.17. The van der Waals surface area contributed by atoms with E-state index in [1.165, 1.54) is 4.68 Å². The lowest BCUT2D eigenvalue weighted by molar-refractivity contribution is 0.0873. The van der Waals surface area contributed by atoms with Gasteiger partial charge in [0.05, 0.1) is 0 Å². The van der Waals surface area contributed by atoms with Gasteiger partial charge < -0.3 is 10.6 Å². The topological polar surface area (TPSA) is 71.8 Å². The van der Waals surface area contributed by atoms with Gasteiger partial charge in [-0.25, -0.2) is 0 Å². The van der Waals surface area contributed by atoms with E-state index in [-0.39, 0.29) is 11.8 Å². The zero-order valence-corrected chi connectivity index (χ0v) is 15.7. The summed E-state index contributed by atoms with van der Waals surface area (Å²) in [5, 5.41) is 10.8. The van der Waals surface area contributed by atoms with Gasteiger partial charge in [0.1, 0.15) is 0 Å². The standard InChI is InChI=1S/C21H25N5O/c1-16(2)13-19(27)26-21(23-15-18-11-7-4-8-12-18)24-20(25-26)22-14-17-9-5-3-6-10-17/h3-12,16H,13-15H2,1-2H3,(H2,22,23,24,25). The normalized spacial score (nSPS) is 10.8. The largest absolute Gasteiger partial charge is 0.350 e. The minimum absolute atomic E-state index is 0.0687. The molecule has 0 fully saturated rings. The summed E-state index contributed by atoms with van der Waals surface area (Å²) in [5.74, 6) is 1.08. The molecule has 0 atom stereocenters. The quantitative estimate of drug-likeness (QED) is 0.628. The van der Waals surface area contributed by atoms with E-state index in [4.69, 9.17) is 0 Å².